The number of carbonyl (C=O) groups excluding carboxylic acids is 3. The molecule has 3 heterocycles. The van der Waals surface area contributed by atoms with Crippen LogP contribution in [0.1, 0.15) is 58.1 Å². The van der Waals surface area contributed by atoms with Gasteiger partial charge in [-0.1, -0.05) is 0 Å². The number of hydrogen-bond acceptors (Lipinski definition) is 11. The van der Waals surface area contributed by atoms with Crippen molar-refractivity contribution in [1.29, 1.82) is 0 Å². The molecule has 2 aromatic carbocycles. The number of hydrogen-bond donors (Lipinski definition) is 1. The van der Waals surface area contributed by atoms with Crippen LogP contribution in [0.15, 0.2) is 70.4 Å². The van der Waals surface area contributed by atoms with Crippen molar-refractivity contribution in [2.45, 2.75) is 77.1 Å². The number of ether oxygens (including phenoxy) is 5. The molecule has 1 saturated heterocycles. The summed E-state index contributed by atoms with van der Waals surface area (Å²) in [6, 6.07) is 14.6. The number of anilines is 1. The molecule has 1 amide bonds. The molecule has 3 unspecified atom stereocenters. The van der Waals surface area contributed by atoms with Gasteiger partial charge in [0.05, 0.1) is 0 Å². The van der Waals surface area contributed by atoms with Crippen molar-refractivity contribution in [3.05, 3.63) is 87.2 Å². The van der Waals surface area contributed by atoms with Crippen molar-refractivity contribution < 1.29 is 46.8 Å². The Morgan fingerprint density at radius 3 is 2.20 bits per heavy atom. The number of aromatic nitrogens is 3. The molecule has 0 saturated carbocycles. The molecule has 0 spiro atoms. The molecule has 0 radical (unpaired) electrons. The molecule has 266 valence electrons. The molecule has 5 rings (SSSR count). The van der Waals surface area contributed by atoms with Crippen LogP contribution in [0.2, 0.25) is 0 Å². The molecule has 1 fully saturated rings. The summed E-state index contributed by atoms with van der Waals surface area (Å²) < 4.78 is 60.1. The third kappa shape index (κ3) is 8.29. The predicted octanol–water partition coefficient (Wildman–Crippen LogP) is 4.66. The van der Waals surface area contributed by atoms with Gasteiger partial charge in [-0.3, -0.25) is 0 Å². The molecule has 0 bridgehead atoms. The third-order valence-corrected chi connectivity index (χ3v) is 9.23. The number of alkyl halides is 2. The first-order chi connectivity index (χ1) is 23.3. The molecule has 4 aromatic rings. The van der Waals surface area contributed by atoms with Gasteiger partial charge in [0.15, 0.2) is 0 Å². The quantitative estimate of drug-likeness (QED) is 0.206. The van der Waals surface area contributed by atoms with E-state index < -0.39 is 66.1 Å². The van der Waals surface area contributed by atoms with Crippen LogP contribution in [0.5, 0.6) is 0 Å². The fourth-order valence-corrected chi connectivity index (χ4v) is 6.89. The van der Waals surface area contributed by atoms with Gasteiger partial charge in [-0.2, -0.15) is 8.78 Å². The Balaban J connectivity index is 1.32. The van der Waals surface area contributed by atoms with Gasteiger partial charge in [-0.05, 0) is 41.5 Å². The number of benzene rings is 2. The number of carbonyl (C=O) groups is 3. The number of nitrogens with zero attached hydrogens (tertiary/aromatic N) is 3. The minimum atomic E-state index is -4.06. The molecule has 14 nitrogen and oxygen atoms in total. The van der Waals surface area contributed by atoms with E-state index in [1.807, 2.05) is 12.1 Å². The Bertz CT molecular complexity index is 2030. The minimum Gasteiger partial charge on any atom is -0.429 e. The monoisotopic (exact) mass is 764 g/mol. The Kier molecular flexibility index (Phi) is 10.1. The minimum absolute atomic E-state index is 0.135. The zero-order chi connectivity index (χ0) is 36.6. The molecular weight excluding hydrogens is 729 g/mol. The summed E-state index contributed by atoms with van der Waals surface area (Å²) in [6.07, 6.45) is -8.18. The van der Waals surface area contributed by atoms with Crippen molar-refractivity contribution >= 4 is 48.4 Å². The maximum Gasteiger partial charge on any atom is 0.509 e. The molecule has 0 aliphatic carbocycles. The molecule has 1 aliphatic rings. The van der Waals surface area contributed by atoms with Crippen molar-refractivity contribution in [1.82, 2.24) is 13.1 Å². The summed E-state index contributed by atoms with van der Waals surface area (Å²) in [6.45, 7) is 8.38. The van der Waals surface area contributed by atoms with Crippen molar-refractivity contribution in [2.24, 2.45) is 0 Å². The number of amides is 1. The maximum absolute atomic E-state index is 15.8. The fraction of sp³-hybridized carbons (Fsp3) is 0.394. The average molecular weight is 764 g/mol. The van der Waals surface area contributed by atoms with Crippen LogP contribution in [-0.2, 0) is 23.7 Å². The Morgan fingerprint density at radius 2 is 1.58 bits per heavy atom. The number of fused-ring (bicyclic) bond motifs is 1. The second kappa shape index (κ2) is 13.8. The second-order valence-corrected chi connectivity index (χ2v) is 15.2. The second-order valence-electron chi connectivity index (χ2n) is 13.2. The van der Waals surface area contributed by atoms with Gasteiger partial charge < -0.3 is 23.7 Å². The average Bonchev–Trinajstić information content (AvgIpc) is 3.47. The van der Waals surface area contributed by atoms with Gasteiger partial charge in [0.2, 0.25) is 6.10 Å². The Morgan fingerprint density at radius 1 is 0.940 bits per heavy atom. The van der Waals surface area contributed by atoms with Gasteiger partial charge in [-0.15, -0.1) is 0 Å². The van der Waals surface area contributed by atoms with Crippen LogP contribution in [0, 0.1) is 0 Å². The molecule has 1 aliphatic heterocycles. The standard InChI is InChI=1S/C33H34F2N4O10Se/c1-31(2,3)48-29(43)45-17-21-24(47-30(44)49-32(4,5)6)33(34,35)27(46-21)38-16-15-23(37-28(38)42)36-25(40)18-11-13-19(14-12-18)39-26(41)20-9-7-8-10-22(20)50-39/h7-16,21,24,27H,17H2,1-6H3,(H,36,37,40,42). The third-order valence-electron chi connectivity index (χ3n) is 6.90. The summed E-state index contributed by atoms with van der Waals surface area (Å²) in [5, 5.41) is 3.07. The van der Waals surface area contributed by atoms with E-state index >= 15 is 8.78 Å². The summed E-state index contributed by atoms with van der Waals surface area (Å²) in [5.74, 6) is -4.96. The SMILES string of the molecule is CC(C)(C)OC(=O)OCC1OC(n2ccc(NC(=O)c3ccc(-n4[se]c5ccccc5c4=O)cc3)nc2=O)C(F)(F)C1OC(=O)OC(C)(C)C. The van der Waals surface area contributed by atoms with E-state index in [1.165, 1.54) is 32.9 Å². The summed E-state index contributed by atoms with van der Waals surface area (Å²) >= 11 is -0.266. The van der Waals surface area contributed by atoms with Gasteiger partial charge >= 0.3 is 177 Å². The van der Waals surface area contributed by atoms with Crippen LogP contribution in [0.25, 0.3) is 15.3 Å². The molecule has 50 heavy (non-hydrogen) atoms. The predicted molar refractivity (Wildman–Crippen MR) is 175 cm³/mol. The number of halogens is 2. The Labute approximate surface area is 289 Å². The zero-order valence-electron chi connectivity index (χ0n) is 27.8. The number of rotatable bonds is 7. The fourth-order valence-electron chi connectivity index (χ4n) is 4.80. The Hall–Kier alpha value is -4.86. The van der Waals surface area contributed by atoms with E-state index in [2.05, 4.69) is 10.3 Å². The van der Waals surface area contributed by atoms with Crippen molar-refractivity contribution in [3.63, 3.8) is 0 Å². The van der Waals surface area contributed by atoms with E-state index in [9.17, 15) is 24.0 Å². The van der Waals surface area contributed by atoms with Gasteiger partial charge in [0.25, 0.3) is 0 Å². The van der Waals surface area contributed by atoms with Crippen molar-refractivity contribution in [3.8, 4) is 5.69 Å². The van der Waals surface area contributed by atoms with E-state index in [-0.39, 0.29) is 31.7 Å². The smallest absolute Gasteiger partial charge is 0.429 e. The molecule has 17 heteroatoms. The first-order valence-electron chi connectivity index (χ1n) is 15.2. The summed E-state index contributed by atoms with van der Waals surface area (Å²) in [7, 11) is 0. The van der Waals surface area contributed by atoms with Gasteiger partial charge in [-0.25, -0.2) is 9.59 Å². The molecular formula is C33H34F2N4O10Se. The largest absolute Gasteiger partial charge is 0.509 e. The van der Waals surface area contributed by atoms with E-state index in [0.717, 1.165) is 16.5 Å². The van der Waals surface area contributed by atoms with E-state index in [1.54, 1.807) is 48.6 Å². The van der Waals surface area contributed by atoms with E-state index in [4.69, 9.17) is 23.7 Å². The van der Waals surface area contributed by atoms with Crippen LogP contribution in [0.4, 0.5) is 24.2 Å². The van der Waals surface area contributed by atoms with Crippen LogP contribution >= 0.6 is 0 Å². The van der Waals surface area contributed by atoms with E-state index in [0.29, 0.717) is 15.6 Å². The summed E-state index contributed by atoms with van der Waals surface area (Å²) in [5.41, 5.74) is -2.63. The van der Waals surface area contributed by atoms with Gasteiger partial charge in [0, 0.05) is 0 Å². The van der Waals surface area contributed by atoms with Gasteiger partial charge in [0.1, 0.15) is 23.9 Å². The first-order valence-corrected chi connectivity index (χ1v) is 16.9. The normalized spacial score (nSPS) is 18.8. The molecule has 2 aromatic heterocycles. The summed E-state index contributed by atoms with van der Waals surface area (Å²) in [4.78, 5) is 67.0. The topological polar surface area (TPSA) is 166 Å². The van der Waals surface area contributed by atoms with Crippen LogP contribution in [0.3, 0.4) is 0 Å². The molecule has 3 atom stereocenters. The molecule has 1 N–H and O–H groups in total. The number of nitrogens with one attached hydrogen (secondary N) is 1. The maximum atomic E-state index is 15.8. The first kappa shape index (κ1) is 36.4. The van der Waals surface area contributed by atoms with Crippen molar-refractivity contribution in [2.75, 3.05) is 11.9 Å². The van der Waals surface area contributed by atoms with Crippen LogP contribution in [-0.4, -0.2) is 82.0 Å². The van der Waals surface area contributed by atoms with Crippen LogP contribution < -0.4 is 16.6 Å². The zero-order valence-corrected chi connectivity index (χ0v) is 29.5.